The minimum Gasteiger partial charge on any atom is -0.354 e. The highest BCUT2D eigenvalue weighted by atomic mass is 16.2. The third-order valence-electron chi connectivity index (χ3n) is 3.40. The van der Waals surface area contributed by atoms with E-state index in [2.05, 4.69) is 15.3 Å². The second-order valence-corrected chi connectivity index (χ2v) is 4.90. The van der Waals surface area contributed by atoms with E-state index in [4.69, 9.17) is 0 Å². The van der Waals surface area contributed by atoms with Crippen LogP contribution >= 0.6 is 0 Å². The zero-order chi connectivity index (χ0) is 16.1. The van der Waals surface area contributed by atoms with Crippen LogP contribution in [0.2, 0.25) is 0 Å². The standard InChI is InChI=1S/C14H19N5O3/c1-3-11-15-4-6-19(11)7-5-16-12(20)8-10-9-17-14(22)18(2)13(10)21/h4,6,9H,3,5,7-8H2,1-2H3,(H,16,20)(H,17,22). The van der Waals surface area contributed by atoms with Crippen molar-refractivity contribution in [3.05, 3.63) is 50.8 Å². The van der Waals surface area contributed by atoms with Crippen LogP contribution in [0.15, 0.2) is 28.2 Å². The van der Waals surface area contributed by atoms with Gasteiger partial charge in [0, 0.05) is 50.7 Å². The quantitative estimate of drug-likeness (QED) is 0.729. The topological polar surface area (TPSA) is 102 Å². The van der Waals surface area contributed by atoms with Crippen molar-refractivity contribution in [2.24, 2.45) is 7.05 Å². The number of amides is 1. The van der Waals surface area contributed by atoms with E-state index < -0.39 is 11.2 Å². The molecule has 0 saturated carbocycles. The summed E-state index contributed by atoms with van der Waals surface area (Å²) in [5.74, 6) is 0.700. The fourth-order valence-electron chi connectivity index (χ4n) is 2.15. The monoisotopic (exact) mass is 305 g/mol. The molecule has 2 aromatic rings. The van der Waals surface area contributed by atoms with Gasteiger partial charge in [-0.1, -0.05) is 6.92 Å². The molecule has 8 nitrogen and oxygen atoms in total. The molecule has 1 amide bonds. The summed E-state index contributed by atoms with van der Waals surface area (Å²) >= 11 is 0. The molecule has 0 aliphatic rings. The summed E-state index contributed by atoms with van der Waals surface area (Å²) in [6, 6.07) is 0. The minimum absolute atomic E-state index is 0.0615. The lowest BCUT2D eigenvalue weighted by Gasteiger charge is -2.08. The molecule has 22 heavy (non-hydrogen) atoms. The molecule has 0 saturated heterocycles. The SMILES string of the molecule is CCc1nccn1CCNC(=O)Cc1c[nH]c(=O)n(C)c1=O. The maximum Gasteiger partial charge on any atom is 0.328 e. The van der Waals surface area contributed by atoms with E-state index in [1.54, 1.807) is 6.20 Å². The van der Waals surface area contributed by atoms with Gasteiger partial charge in [0.15, 0.2) is 0 Å². The van der Waals surface area contributed by atoms with Gasteiger partial charge in [0.05, 0.1) is 6.42 Å². The van der Waals surface area contributed by atoms with E-state index in [0.29, 0.717) is 13.1 Å². The molecule has 0 radical (unpaired) electrons. The van der Waals surface area contributed by atoms with Crippen molar-refractivity contribution in [2.75, 3.05) is 6.54 Å². The van der Waals surface area contributed by atoms with E-state index in [-0.39, 0.29) is 17.9 Å². The fourth-order valence-corrected chi connectivity index (χ4v) is 2.15. The molecule has 0 aliphatic carbocycles. The zero-order valence-electron chi connectivity index (χ0n) is 12.6. The first-order chi connectivity index (χ1) is 10.5. The Hall–Kier alpha value is -2.64. The number of hydrogen-bond acceptors (Lipinski definition) is 4. The van der Waals surface area contributed by atoms with Gasteiger partial charge in [0.1, 0.15) is 5.82 Å². The fraction of sp³-hybridized carbons (Fsp3) is 0.429. The van der Waals surface area contributed by atoms with Crippen molar-refractivity contribution < 1.29 is 4.79 Å². The van der Waals surface area contributed by atoms with Crippen LogP contribution in [-0.4, -0.2) is 31.6 Å². The molecule has 0 spiro atoms. The number of rotatable bonds is 6. The van der Waals surface area contributed by atoms with E-state index >= 15 is 0 Å². The highest BCUT2D eigenvalue weighted by Gasteiger charge is 2.09. The molecule has 2 heterocycles. The van der Waals surface area contributed by atoms with Crippen molar-refractivity contribution in [1.29, 1.82) is 0 Å². The largest absolute Gasteiger partial charge is 0.354 e. The van der Waals surface area contributed by atoms with E-state index in [9.17, 15) is 14.4 Å². The molecule has 2 N–H and O–H groups in total. The molecule has 0 aromatic carbocycles. The summed E-state index contributed by atoms with van der Waals surface area (Å²) < 4.78 is 2.92. The average Bonchev–Trinajstić information content (AvgIpc) is 2.95. The third-order valence-corrected chi connectivity index (χ3v) is 3.40. The van der Waals surface area contributed by atoms with Gasteiger partial charge in [0.2, 0.25) is 5.91 Å². The van der Waals surface area contributed by atoms with Crippen LogP contribution in [0, 0.1) is 0 Å². The molecule has 2 aromatic heterocycles. The van der Waals surface area contributed by atoms with E-state index in [1.165, 1.54) is 13.2 Å². The van der Waals surface area contributed by atoms with Crippen LogP contribution in [0.25, 0.3) is 0 Å². The Bertz CT molecular complexity index is 771. The van der Waals surface area contributed by atoms with Crippen LogP contribution < -0.4 is 16.6 Å². The lowest BCUT2D eigenvalue weighted by atomic mass is 10.2. The summed E-state index contributed by atoms with van der Waals surface area (Å²) in [4.78, 5) is 41.6. The maximum absolute atomic E-state index is 11.9. The Balaban J connectivity index is 1.90. The zero-order valence-corrected chi connectivity index (χ0v) is 12.6. The Kier molecular flexibility index (Phi) is 4.92. The summed E-state index contributed by atoms with van der Waals surface area (Å²) in [6.07, 6.45) is 5.64. The lowest BCUT2D eigenvalue weighted by molar-refractivity contribution is -0.120. The molecular formula is C14H19N5O3. The van der Waals surface area contributed by atoms with Gasteiger partial charge in [0.25, 0.3) is 5.56 Å². The molecule has 8 heteroatoms. The van der Waals surface area contributed by atoms with Gasteiger partial charge in [-0.05, 0) is 0 Å². The van der Waals surface area contributed by atoms with Crippen LogP contribution in [0.1, 0.15) is 18.3 Å². The summed E-state index contributed by atoms with van der Waals surface area (Å²) in [6.45, 7) is 3.09. The average molecular weight is 305 g/mol. The van der Waals surface area contributed by atoms with Gasteiger partial charge < -0.3 is 14.9 Å². The summed E-state index contributed by atoms with van der Waals surface area (Å²) in [5, 5.41) is 2.75. The van der Waals surface area contributed by atoms with Crippen molar-refractivity contribution in [2.45, 2.75) is 26.3 Å². The Morgan fingerprint density at radius 1 is 1.41 bits per heavy atom. The highest BCUT2D eigenvalue weighted by molar-refractivity contribution is 5.78. The Labute approximate surface area is 126 Å². The van der Waals surface area contributed by atoms with E-state index in [0.717, 1.165) is 16.8 Å². The van der Waals surface area contributed by atoms with Crippen LogP contribution in [0.4, 0.5) is 0 Å². The van der Waals surface area contributed by atoms with Gasteiger partial charge in [-0.3, -0.25) is 14.2 Å². The number of hydrogen-bond donors (Lipinski definition) is 2. The molecule has 0 atom stereocenters. The molecule has 0 aliphatic heterocycles. The van der Waals surface area contributed by atoms with Crippen LogP contribution in [0.5, 0.6) is 0 Å². The number of nitrogens with one attached hydrogen (secondary N) is 2. The van der Waals surface area contributed by atoms with Gasteiger partial charge in [-0.2, -0.15) is 0 Å². The number of aryl methyl sites for hydroxylation is 1. The predicted octanol–water partition coefficient (Wildman–Crippen LogP) is -0.809. The van der Waals surface area contributed by atoms with Crippen molar-refractivity contribution in [1.82, 2.24) is 24.4 Å². The Morgan fingerprint density at radius 3 is 2.91 bits per heavy atom. The number of H-pyrrole nitrogens is 1. The molecule has 2 rings (SSSR count). The van der Waals surface area contributed by atoms with Gasteiger partial charge in [-0.15, -0.1) is 0 Å². The predicted molar refractivity (Wildman–Crippen MR) is 80.6 cm³/mol. The normalized spacial score (nSPS) is 10.6. The Morgan fingerprint density at radius 2 is 2.18 bits per heavy atom. The first-order valence-corrected chi connectivity index (χ1v) is 7.07. The first kappa shape index (κ1) is 15.7. The second kappa shape index (κ2) is 6.88. The smallest absolute Gasteiger partial charge is 0.328 e. The maximum atomic E-state index is 11.9. The number of imidazole rings is 1. The number of nitrogens with zero attached hydrogens (tertiary/aromatic N) is 3. The third kappa shape index (κ3) is 3.51. The van der Waals surface area contributed by atoms with Gasteiger partial charge >= 0.3 is 5.69 Å². The molecular weight excluding hydrogens is 286 g/mol. The van der Waals surface area contributed by atoms with E-state index in [1.807, 2.05) is 17.7 Å². The minimum atomic E-state index is -0.499. The molecule has 0 bridgehead atoms. The lowest BCUT2D eigenvalue weighted by Crippen LogP contribution is -2.37. The number of carbonyl (C=O) groups excluding carboxylic acids is 1. The number of aromatic amines is 1. The van der Waals surface area contributed by atoms with Crippen molar-refractivity contribution in [3.63, 3.8) is 0 Å². The molecule has 0 unspecified atom stereocenters. The second-order valence-electron chi connectivity index (χ2n) is 4.90. The molecule has 118 valence electrons. The van der Waals surface area contributed by atoms with Crippen LogP contribution in [-0.2, 0) is 31.2 Å². The number of carbonyl (C=O) groups is 1. The number of aromatic nitrogens is 4. The summed E-state index contributed by atoms with van der Waals surface area (Å²) in [5.41, 5.74) is -0.695. The van der Waals surface area contributed by atoms with Crippen molar-refractivity contribution in [3.8, 4) is 0 Å². The summed E-state index contributed by atoms with van der Waals surface area (Å²) in [7, 11) is 1.37. The highest BCUT2D eigenvalue weighted by Crippen LogP contribution is 1.97. The van der Waals surface area contributed by atoms with Gasteiger partial charge in [-0.25, -0.2) is 9.78 Å². The van der Waals surface area contributed by atoms with Crippen LogP contribution in [0.3, 0.4) is 0 Å². The first-order valence-electron chi connectivity index (χ1n) is 7.07. The van der Waals surface area contributed by atoms with Crippen molar-refractivity contribution >= 4 is 5.91 Å². The molecule has 0 fully saturated rings.